The van der Waals surface area contributed by atoms with E-state index >= 15 is 0 Å². The first-order chi connectivity index (χ1) is 15.6. The normalized spacial score (nSPS) is 46.7. The molecule has 4 aliphatic rings. The Bertz CT molecular complexity index is 891. The van der Waals surface area contributed by atoms with Gasteiger partial charge in [-0.25, -0.2) is 0 Å². The van der Waals surface area contributed by atoms with Gasteiger partial charge in [0.1, 0.15) is 0 Å². The van der Waals surface area contributed by atoms with E-state index in [2.05, 4.69) is 6.58 Å². The molecule has 0 heterocycles. The van der Waals surface area contributed by atoms with E-state index in [1.54, 1.807) is 13.0 Å². The summed E-state index contributed by atoms with van der Waals surface area (Å²) in [6.45, 7) is 13.8. The smallest absolute Gasteiger partial charge is 0.159 e. The van der Waals surface area contributed by atoms with Crippen LogP contribution in [0.4, 0.5) is 0 Å². The van der Waals surface area contributed by atoms with E-state index in [1.807, 2.05) is 27.7 Å². The summed E-state index contributed by atoms with van der Waals surface area (Å²) in [4.78, 5) is 13.3. The Balaban J connectivity index is 1.68. The third-order valence-electron chi connectivity index (χ3n) is 10.8. The van der Waals surface area contributed by atoms with Crippen molar-refractivity contribution in [2.24, 2.45) is 34.5 Å². The lowest BCUT2D eigenvalue weighted by molar-refractivity contribution is -0.175. The number of aliphatic hydroxyl groups is 5. The van der Waals surface area contributed by atoms with Gasteiger partial charge in [-0.3, -0.25) is 4.79 Å². The molecule has 192 valence electrons. The van der Waals surface area contributed by atoms with Crippen LogP contribution in [0.15, 0.2) is 23.8 Å². The summed E-state index contributed by atoms with van der Waals surface area (Å²) < 4.78 is 0. The maximum absolute atomic E-state index is 13.3. The molecule has 5 N–H and O–H groups in total. The van der Waals surface area contributed by atoms with Crippen molar-refractivity contribution in [2.45, 2.75) is 109 Å². The quantitative estimate of drug-likeness (QED) is 0.390. The number of carbonyl (C=O) groups excluding carboxylic acids is 1. The van der Waals surface area contributed by atoms with Gasteiger partial charge >= 0.3 is 0 Å². The fraction of sp³-hybridized carbons (Fsp3) is 0.821. The summed E-state index contributed by atoms with van der Waals surface area (Å²) in [5.41, 5.74) is -2.29. The van der Waals surface area contributed by atoms with Gasteiger partial charge in [-0.2, -0.15) is 0 Å². The molecule has 0 aromatic rings. The molecule has 4 rings (SSSR count). The van der Waals surface area contributed by atoms with E-state index in [9.17, 15) is 30.3 Å². The second-order valence-electron chi connectivity index (χ2n) is 12.9. The van der Waals surface area contributed by atoms with Gasteiger partial charge in [-0.05, 0) is 86.7 Å². The molecule has 0 amide bonds. The van der Waals surface area contributed by atoms with Crippen LogP contribution >= 0.6 is 0 Å². The lowest BCUT2D eigenvalue weighted by Crippen LogP contribution is -2.62. The van der Waals surface area contributed by atoms with Crippen molar-refractivity contribution < 1.29 is 30.3 Å². The molecule has 4 aliphatic carbocycles. The number of aliphatic hydroxyl groups excluding tert-OH is 3. The second-order valence-corrected chi connectivity index (χ2v) is 12.9. The minimum absolute atomic E-state index is 0.0650. The zero-order chi connectivity index (χ0) is 25.4. The molecule has 0 saturated heterocycles. The van der Waals surface area contributed by atoms with E-state index in [1.165, 1.54) is 0 Å². The fourth-order valence-corrected chi connectivity index (χ4v) is 8.23. The number of carbonyl (C=O) groups is 1. The monoisotopic (exact) mass is 476 g/mol. The highest BCUT2D eigenvalue weighted by atomic mass is 16.3. The van der Waals surface area contributed by atoms with Crippen LogP contribution < -0.4 is 0 Å². The molecule has 6 nitrogen and oxygen atoms in total. The van der Waals surface area contributed by atoms with Crippen LogP contribution in [0.5, 0.6) is 0 Å². The lowest BCUT2D eigenvalue weighted by atomic mass is 9.45. The van der Waals surface area contributed by atoms with E-state index in [0.29, 0.717) is 32.1 Å². The lowest BCUT2D eigenvalue weighted by Gasteiger charge is -2.60. The van der Waals surface area contributed by atoms with Gasteiger partial charge in [0.25, 0.3) is 0 Å². The van der Waals surface area contributed by atoms with Crippen molar-refractivity contribution in [3.63, 3.8) is 0 Å². The van der Waals surface area contributed by atoms with Crippen LogP contribution in [0.25, 0.3) is 0 Å². The van der Waals surface area contributed by atoms with E-state index < -0.39 is 40.3 Å². The van der Waals surface area contributed by atoms with Crippen LogP contribution in [-0.4, -0.2) is 60.8 Å². The SMILES string of the molecule is C=C(C[C@@H](O)[C@@](C)(O)[C@H]1CC[C@@]2(O)C3=CC(=O)[C@@H]4C[C@@H](O)[C@@H](O)C[C@]4(C)[C@H]3CC[C@]12C)C(C)C. The van der Waals surface area contributed by atoms with E-state index in [-0.39, 0.29) is 35.9 Å². The fourth-order valence-electron chi connectivity index (χ4n) is 8.23. The standard InChI is InChI=1S/C28H44O6/c1-15(2)16(3)11-24(32)27(6,33)23-8-10-28(34)18-12-20(29)19-13-21(30)22(31)14-25(19,4)17(18)7-9-26(23,28)5/h12,15,17,19,21-24,30-34H,3,7-11,13-14H2,1-2,4-6H3/t17-,19-,21+,22-,23-,24+,25+,26+,27-,28+/m0/s1. The molecule has 0 aromatic heterocycles. The van der Waals surface area contributed by atoms with Gasteiger partial charge in [-0.1, -0.05) is 39.8 Å². The first-order valence-electron chi connectivity index (χ1n) is 13.0. The molecule has 6 heteroatoms. The van der Waals surface area contributed by atoms with Crippen LogP contribution in [-0.2, 0) is 4.79 Å². The average molecular weight is 477 g/mol. The van der Waals surface area contributed by atoms with Gasteiger partial charge in [0.05, 0.1) is 29.5 Å². The molecule has 0 spiro atoms. The summed E-state index contributed by atoms with van der Waals surface area (Å²) in [6.07, 6.45) is 2.07. The van der Waals surface area contributed by atoms with Crippen molar-refractivity contribution >= 4 is 5.78 Å². The van der Waals surface area contributed by atoms with Gasteiger partial charge in [0.2, 0.25) is 0 Å². The molecule has 3 saturated carbocycles. The van der Waals surface area contributed by atoms with Crippen LogP contribution in [0, 0.1) is 34.5 Å². The number of ketones is 1. The third kappa shape index (κ3) is 3.51. The molecule has 34 heavy (non-hydrogen) atoms. The zero-order valence-corrected chi connectivity index (χ0v) is 21.4. The number of hydrogen-bond donors (Lipinski definition) is 5. The van der Waals surface area contributed by atoms with Gasteiger partial charge in [0.15, 0.2) is 5.78 Å². The molecule has 3 fully saturated rings. The summed E-state index contributed by atoms with van der Waals surface area (Å²) in [5.74, 6) is -0.656. The average Bonchev–Trinajstić information content (AvgIpc) is 3.02. The van der Waals surface area contributed by atoms with E-state index in [0.717, 1.165) is 17.6 Å². The van der Waals surface area contributed by atoms with Crippen molar-refractivity contribution in [1.82, 2.24) is 0 Å². The summed E-state index contributed by atoms with van der Waals surface area (Å²) in [5, 5.41) is 55.6. The Kier molecular flexibility index (Phi) is 6.31. The highest BCUT2D eigenvalue weighted by Gasteiger charge is 2.69. The molecule has 10 atom stereocenters. The first-order valence-corrected chi connectivity index (χ1v) is 13.0. The van der Waals surface area contributed by atoms with Gasteiger partial charge in [0, 0.05) is 11.3 Å². The highest BCUT2D eigenvalue weighted by Crippen LogP contribution is 2.68. The molecule has 0 aromatic carbocycles. The second kappa shape index (κ2) is 8.24. The predicted octanol–water partition coefficient (Wildman–Crippen LogP) is 2.91. The summed E-state index contributed by atoms with van der Waals surface area (Å²) >= 11 is 0. The van der Waals surface area contributed by atoms with Crippen molar-refractivity contribution in [3.8, 4) is 0 Å². The zero-order valence-electron chi connectivity index (χ0n) is 21.4. The molecule has 0 unspecified atom stereocenters. The van der Waals surface area contributed by atoms with Crippen LogP contribution in [0.3, 0.4) is 0 Å². The Labute approximate surface area is 203 Å². The van der Waals surface area contributed by atoms with Crippen LogP contribution in [0.2, 0.25) is 0 Å². The summed E-state index contributed by atoms with van der Waals surface area (Å²) in [6, 6.07) is 0. The Morgan fingerprint density at radius 2 is 1.82 bits per heavy atom. The minimum Gasteiger partial charge on any atom is -0.390 e. The molecule has 0 radical (unpaired) electrons. The van der Waals surface area contributed by atoms with Gasteiger partial charge in [-0.15, -0.1) is 0 Å². The van der Waals surface area contributed by atoms with Crippen molar-refractivity contribution in [2.75, 3.05) is 0 Å². The topological polar surface area (TPSA) is 118 Å². The Morgan fingerprint density at radius 1 is 1.18 bits per heavy atom. The minimum atomic E-state index is -1.42. The van der Waals surface area contributed by atoms with E-state index in [4.69, 9.17) is 0 Å². The predicted molar refractivity (Wildman–Crippen MR) is 130 cm³/mol. The number of hydrogen-bond acceptors (Lipinski definition) is 6. The maximum Gasteiger partial charge on any atom is 0.159 e. The molecular weight excluding hydrogens is 432 g/mol. The highest BCUT2D eigenvalue weighted by molar-refractivity contribution is 5.95. The number of fused-ring (bicyclic) bond motifs is 5. The number of rotatable bonds is 5. The largest absolute Gasteiger partial charge is 0.390 e. The molecule has 0 bridgehead atoms. The van der Waals surface area contributed by atoms with Crippen molar-refractivity contribution in [1.29, 1.82) is 0 Å². The number of allylic oxidation sites excluding steroid dienone is 1. The van der Waals surface area contributed by atoms with Gasteiger partial charge < -0.3 is 25.5 Å². The van der Waals surface area contributed by atoms with Crippen LogP contribution in [0.1, 0.15) is 79.6 Å². The maximum atomic E-state index is 13.3. The molecule has 0 aliphatic heterocycles. The first kappa shape index (κ1) is 26.0. The molecular formula is C28H44O6. The summed E-state index contributed by atoms with van der Waals surface area (Å²) in [7, 11) is 0. The Hall–Kier alpha value is -1.05. The Morgan fingerprint density at radius 3 is 2.44 bits per heavy atom. The third-order valence-corrected chi connectivity index (χ3v) is 10.8. The van der Waals surface area contributed by atoms with Crippen molar-refractivity contribution in [3.05, 3.63) is 23.8 Å².